The van der Waals surface area contributed by atoms with E-state index < -0.39 is 5.97 Å². The highest BCUT2D eigenvalue weighted by molar-refractivity contribution is 5.87. The monoisotopic (exact) mass is 358 g/mol. The summed E-state index contributed by atoms with van der Waals surface area (Å²) in [6, 6.07) is 2.26. The number of carbonyl (C=O) groups is 1. The number of ether oxygens (including phenoxy) is 1. The Hall–Kier alpha value is -2.41. The lowest BCUT2D eigenvalue weighted by Gasteiger charge is -2.25. The Labute approximate surface area is 153 Å². The van der Waals surface area contributed by atoms with E-state index >= 15 is 0 Å². The lowest BCUT2D eigenvalue weighted by molar-refractivity contribution is 0.0688. The molecule has 3 rings (SSSR count). The maximum absolute atomic E-state index is 11.5. The average molecular weight is 358 g/mol. The van der Waals surface area contributed by atoms with Gasteiger partial charge in [0.25, 0.3) is 0 Å². The van der Waals surface area contributed by atoms with Gasteiger partial charge in [0.15, 0.2) is 5.69 Å². The first-order valence-electron chi connectivity index (χ1n) is 9.00. The summed E-state index contributed by atoms with van der Waals surface area (Å²) in [5.41, 5.74) is 5.25. The molecular formula is C19H26N4O3. The lowest BCUT2D eigenvalue weighted by atomic mass is 9.91. The van der Waals surface area contributed by atoms with E-state index in [1.165, 1.54) is 0 Å². The zero-order valence-corrected chi connectivity index (χ0v) is 15.8. The zero-order valence-electron chi connectivity index (χ0n) is 15.8. The Morgan fingerprint density at radius 1 is 1.46 bits per heavy atom. The molecule has 0 bridgehead atoms. The second kappa shape index (κ2) is 7.45. The van der Waals surface area contributed by atoms with Gasteiger partial charge in [-0.3, -0.25) is 4.68 Å². The predicted molar refractivity (Wildman–Crippen MR) is 97.8 cm³/mol. The van der Waals surface area contributed by atoms with E-state index in [1.54, 1.807) is 7.11 Å². The van der Waals surface area contributed by atoms with Crippen molar-refractivity contribution in [3.63, 3.8) is 0 Å². The van der Waals surface area contributed by atoms with Gasteiger partial charge in [-0.2, -0.15) is 5.10 Å². The number of hydrogen-bond acceptors (Lipinski definition) is 5. The van der Waals surface area contributed by atoms with E-state index in [1.807, 2.05) is 24.6 Å². The molecule has 0 spiro atoms. The normalized spacial score (nSPS) is 16.4. The van der Waals surface area contributed by atoms with Crippen LogP contribution >= 0.6 is 0 Å². The van der Waals surface area contributed by atoms with Crippen LogP contribution in [0.1, 0.15) is 51.9 Å². The molecule has 7 nitrogen and oxygen atoms in total. The molecule has 1 unspecified atom stereocenters. The maximum atomic E-state index is 11.5. The molecule has 0 saturated heterocycles. The zero-order chi connectivity index (χ0) is 18.8. The average Bonchev–Trinajstić information content (AvgIpc) is 2.98. The molecule has 0 saturated carbocycles. The molecule has 0 aliphatic heterocycles. The van der Waals surface area contributed by atoms with Gasteiger partial charge >= 0.3 is 5.97 Å². The smallest absolute Gasteiger partial charge is 0.356 e. The van der Waals surface area contributed by atoms with Crippen molar-refractivity contribution < 1.29 is 14.6 Å². The fourth-order valence-corrected chi connectivity index (χ4v) is 3.75. The van der Waals surface area contributed by atoms with Gasteiger partial charge in [-0.1, -0.05) is 0 Å². The SMILES string of the molecule is CCn1nc(C(=O)O)c2c1CCC(NCc1c(C)cc(C)nc1OC)C2. The molecule has 26 heavy (non-hydrogen) atoms. The molecule has 0 aromatic carbocycles. The van der Waals surface area contributed by atoms with Gasteiger partial charge in [-0.25, -0.2) is 9.78 Å². The van der Waals surface area contributed by atoms with Crippen LogP contribution in [-0.2, 0) is 25.9 Å². The standard InChI is InChI=1S/C19H26N4O3/c1-5-23-16-7-6-13(9-14(16)17(22-23)19(24)25)20-10-15-11(2)8-12(3)21-18(15)26-4/h8,13,20H,5-7,9-10H2,1-4H3,(H,24,25). The van der Waals surface area contributed by atoms with Crippen molar-refractivity contribution in [2.45, 2.75) is 59.2 Å². The fraction of sp³-hybridized carbons (Fsp3) is 0.526. The topological polar surface area (TPSA) is 89.3 Å². The predicted octanol–water partition coefficient (Wildman–Crippen LogP) is 2.27. The third-order valence-electron chi connectivity index (χ3n) is 5.05. The minimum Gasteiger partial charge on any atom is -0.481 e. The molecule has 0 fully saturated rings. The Morgan fingerprint density at radius 3 is 2.88 bits per heavy atom. The van der Waals surface area contributed by atoms with Crippen molar-refractivity contribution in [2.75, 3.05) is 7.11 Å². The summed E-state index contributed by atoms with van der Waals surface area (Å²) < 4.78 is 7.25. The Morgan fingerprint density at radius 2 is 2.23 bits per heavy atom. The van der Waals surface area contributed by atoms with Crippen LogP contribution in [0.5, 0.6) is 5.88 Å². The summed E-state index contributed by atoms with van der Waals surface area (Å²) in [5.74, 6) is -0.300. The van der Waals surface area contributed by atoms with Gasteiger partial charge in [-0.15, -0.1) is 0 Å². The number of fused-ring (bicyclic) bond motifs is 1. The second-order valence-electron chi connectivity index (χ2n) is 6.78. The lowest BCUT2D eigenvalue weighted by Crippen LogP contribution is -2.35. The Bertz CT molecular complexity index is 829. The van der Waals surface area contributed by atoms with E-state index in [0.717, 1.165) is 40.9 Å². The number of nitrogens with one attached hydrogen (secondary N) is 1. The molecule has 1 aliphatic carbocycles. The molecular weight excluding hydrogens is 332 g/mol. The van der Waals surface area contributed by atoms with Crippen LogP contribution < -0.4 is 10.1 Å². The first-order valence-corrected chi connectivity index (χ1v) is 9.00. The molecule has 0 amide bonds. The van der Waals surface area contributed by atoms with E-state index in [4.69, 9.17) is 4.74 Å². The fourth-order valence-electron chi connectivity index (χ4n) is 3.75. The second-order valence-corrected chi connectivity index (χ2v) is 6.78. The number of aromatic nitrogens is 3. The van der Waals surface area contributed by atoms with Crippen molar-refractivity contribution in [1.82, 2.24) is 20.1 Å². The molecule has 0 radical (unpaired) electrons. The number of aryl methyl sites for hydroxylation is 3. The van der Waals surface area contributed by atoms with Gasteiger partial charge in [-0.05, 0) is 51.7 Å². The number of rotatable bonds is 6. The van der Waals surface area contributed by atoms with E-state index in [0.29, 0.717) is 25.4 Å². The summed E-state index contributed by atoms with van der Waals surface area (Å²) in [5, 5.41) is 17.3. The highest BCUT2D eigenvalue weighted by atomic mass is 16.5. The highest BCUT2D eigenvalue weighted by Gasteiger charge is 2.28. The van der Waals surface area contributed by atoms with E-state index in [9.17, 15) is 9.90 Å². The summed E-state index contributed by atoms with van der Waals surface area (Å²) in [6.45, 7) is 7.34. The third kappa shape index (κ3) is 3.44. The first kappa shape index (κ1) is 18.4. The minimum absolute atomic E-state index is 0.194. The van der Waals surface area contributed by atoms with Crippen molar-refractivity contribution in [3.05, 3.63) is 39.8 Å². The number of nitrogens with zero attached hydrogens (tertiary/aromatic N) is 3. The largest absolute Gasteiger partial charge is 0.481 e. The van der Waals surface area contributed by atoms with Crippen LogP contribution in [0.25, 0.3) is 0 Å². The molecule has 7 heteroatoms. The van der Waals surface area contributed by atoms with E-state index in [-0.39, 0.29) is 11.7 Å². The number of methoxy groups -OCH3 is 1. The Balaban J connectivity index is 1.77. The summed E-state index contributed by atoms with van der Waals surface area (Å²) in [7, 11) is 1.63. The molecule has 1 atom stereocenters. The van der Waals surface area contributed by atoms with Gasteiger partial charge < -0.3 is 15.2 Å². The van der Waals surface area contributed by atoms with E-state index in [2.05, 4.69) is 22.3 Å². The minimum atomic E-state index is -0.950. The van der Waals surface area contributed by atoms with Crippen LogP contribution in [0.3, 0.4) is 0 Å². The van der Waals surface area contributed by atoms with Gasteiger partial charge in [0.2, 0.25) is 5.88 Å². The molecule has 2 aromatic heterocycles. The summed E-state index contributed by atoms with van der Waals surface area (Å²) >= 11 is 0. The van der Waals surface area contributed by atoms with Crippen LogP contribution in [0, 0.1) is 13.8 Å². The van der Waals surface area contributed by atoms with Gasteiger partial charge in [0, 0.05) is 41.6 Å². The van der Waals surface area contributed by atoms with Crippen LogP contribution in [-0.4, -0.2) is 39.0 Å². The van der Waals surface area contributed by atoms with Crippen LogP contribution in [0.4, 0.5) is 0 Å². The quantitative estimate of drug-likeness (QED) is 0.823. The molecule has 2 heterocycles. The number of hydrogen-bond donors (Lipinski definition) is 2. The summed E-state index contributed by atoms with van der Waals surface area (Å²) in [6.07, 6.45) is 2.47. The highest BCUT2D eigenvalue weighted by Crippen LogP contribution is 2.26. The molecule has 2 aromatic rings. The van der Waals surface area contributed by atoms with Gasteiger partial charge in [0.05, 0.1) is 7.11 Å². The Kier molecular flexibility index (Phi) is 5.27. The number of aromatic carboxylic acids is 1. The molecule has 1 aliphatic rings. The van der Waals surface area contributed by atoms with Crippen molar-refractivity contribution in [2.24, 2.45) is 0 Å². The van der Waals surface area contributed by atoms with Crippen molar-refractivity contribution >= 4 is 5.97 Å². The van der Waals surface area contributed by atoms with Crippen molar-refractivity contribution in [1.29, 1.82) is 0 Å². The number of pyridine rings is 1. The third-order valence-corrected chi connectivity index (χ3v) is 5.05. The summed E-state index contributed by atoms with van der Waals surface area (Å²) in [4.78, 5) is 16.0. The molecule has 2 N–H and O–H groups in total. The number of carboxylic acid groups (broad SMARTS) is 1. The van der Waals surface area contributed by atoms with Crippen LogP contribution in [0.2, 0.25) is 0 Å². The van der Waals surface area contributed by atoms with Gasteiger partial charge in [0.1, 0.15) is 0 Å². The first-order chi connectivity index (χ1) is 12.4. The van der Waals surface area contributed by atoms with Crippen LogP contribution in [0.15, 0.2) is 6.07 Å². The number of carboxylic acids is 1. The maximum Gasteiger partial charge on any atom is 0.356 e. The molecule has 140 valence electrons. The van der Waals surface area contributed by atoms with Crippen molar-refractivity contribution in [3.8, 4) is 5.88 Å².